The first-order valence-corrected chi connectivity index (χ1v) is 17.9. The topological polar surface area (TPSA) is 83.2 Å². The van der Waals surface area contributed by atoms with E-state index in [-0.39, 0.29) is 0 Å². The van der Waals surface area contributed by atoms with Crippen molar-refractivity contribution in [3.63, 3.8) is 0 Å². The van der Waals surface area contributed by atoms with Crippen molar-refractivity contribution in [2.24, 2.45) is 0 Å². The zero-order valence-corrected chi connectivity index (χ0v) is 29.3. The lowest BCUT2D eigenvalue weighted by molar-refractivity contribution is -0.0956. The van der Waals surface area contributed by atoms with E-state index in [1.165, 1.54) is 21.5 Å². The molecule has 1 aliphatic carbocycles. The molecular formula is C46H26F4N6. The summed E-state index contributed by atoms with van der Waals surface area (Å²) in [5.41, 5.74) is 1.30. The first-order chi connectivity index (χ1) is 27.2. The maximum absolute atomic E-state index is 17.0. The van der Waals surface area contributed by atoms with Gasteiger partial charge in [0.1, 0.15) is 12.1 Å². The van der Waals surface area contributed by atoms with Crippen LogP contribution in [-0.2, 0) is 11.8 Å². The Morgan fingerprint density at radius 3 is 1.27 bits per heavy atom. The third kappa shape index (κ3) is 4.72. The van der Waals surface area contributed by atoms with E-state index >= 15 is 17.6 Å². The van der Waals surface area contributed by atoms with Crippen LogP contribution in [0.1, 0.15) is 35.1 Å². The predicted molar refractivity (Wildman–Crippen MR) is 208 cm³/mol. The molecule has 9 aromatic rings. The molecule has 10 rings (SSSR count). The summed E-state index contributed by atoms with van der Waals surface area (Å²) in [6, 6.07) is 37.4. The molecular weight excluding hydrogens is 713 g/mol. The number of hydrogen-bond acceptors (Lipinski definition) is 4. The average molecular weight is 739 g/mol. The van der Waals surface area contributed by atoms with Crippen molar-refractivity contribution in [1.82, 2.24) is 19.1 Å². The van der Waals surface area contributed by atoms with E-state index in [4.69, 9.17) is 0 Å². The summed E-state index contributed by atoms with van der Waals surface area (Å²) in [6.07, 6.45) is 3.81. The highest BCUT2D eigenvalue weighted by molar-refractivity contribution is 6.12. The van der Waals surface area contributed by atoms with Gasteiger partial charge in [0.05, 0.1) is 55.7 Å². The van der Waals surface area contributed by atoms with E-state index in [0.29, 0.717) is 43.6 Å². The highest BCUT2D eigenvalue weighted by Gasteiger charge is 2.54. The van der Waals surface area contributed by atoms with Crippen LogP contribution < -0.4 is 0 Å². The van der Waals surface area contributed by atoms with E-state index in [2.05, 4.69) is 22.1 Å². The van der Waals surface area contributed by atoms with Gasteiger partial charge in [0.15, 0.2) is 0 Å². The number of alkyl halides is 4. The monoisotopic (exact) mass is 738 g/mol. The van der Waals surface area contributed by atoms with Gasteiger partial charge in [-0.2, -0.15) is 10.5 Å². The zero-order chi connectivity index (χ0) is 38.3. The minimum absolute atomic E-state index is 0.372. The molecule has 0 aliphatic heterocycles. The molecule has 0 spiro atoms. The molecule has 0 atom stereocenters. The first-order valence-electron chi connectivity index (χ1n) is 17.9. The average Bonchev–Trinajstić information content (AvgIpc) is 3.74. The fourth-order valence-corrected chi connectivity index (χ4v) is 8.50. The molecule has 1 aliphatic rings. The molecule has 268 valence electrons. The van der Waals surface area contributed by atoms with Crippen molar-refractivity contribution in [3.05, 3.63) is 156 Å². The molecule has 4 heterocycles. The molecule has 5 aromatic carbocycles. The van der Waals surface area contributed by atoms with Crippen molar-refractivity contribution < 1.29 is 17.6 Å². The highest BCUT2D eigenvalue weighted by Crippen LogP contribution is 2.57. The molecule has 10 heteroatoms. The van der Waals surface area contributed by atoms with Gasteiger partial charge in [-0.15, -0.1) is 0 Å². The largest absolute Gasteiger partial charge is 0.307 e. The van der Waals surface area contributed by atoms with Crippen LogP contribution >= 0.6 is 0 Å². The molecule has 0 bridgehead atoms. The lowest BCUT2D eigenvalue weighted by Gasteiger charge is -2.36. The number of aromatic nitrogens is 4. The second-order valence-electron chi connectivity index (χ2n) is 14.0. The molecule has 4 aromatic heterocycles. The van der Waals surface area contributed by atoms with Gasteiger partial charge in [0.2, 0.25) is 0 Å². The van der Waals surface area contributed by atoms with E-state index in [9.17, 15) is 10.5 Å². The Morgan fingerprint density at radius 1 is 0.482 bits per heavy atom. The predicted octanol–water partition coefficient (Wildman–Crippen LogP) is 11.7. The van der Waals surface area contributed by atoms with Gasteiger partial charge in [-0.05, 0) is 58.7 Å². The number of nitrogens with zero attached hydrogens (tertiary/aromatic N) is 6. The van der Waals surface area contributed by atoms with Crippen LogP contribution in [0.25, 0.3) is 77.2 Å². The Hall–Kier alpha value is -7.30. The molecule has 0 amide bonds. The first kappa shape index (κ1) is 33.3. The van der Waals surface area contributed by atoms with Gasteiger partial charge in [0, 0.05) is 59.2 Å². The van der Waals surface area contributed by atoms with Crippen LogP contribution in [0.3, 0.4) is 0 Å². The Labute approximate surface area is 316 Å². The molecule has 0 saturated heterocycles. The van der Waals surface area contributed by atoms with Gasteiger partial charge < -0.3 is 9.13 Å². The Kier molecular flexibility index (Phi) is 7.19. The second kappa shape index (κ2) is 12.1. The van der Waals surface area contributed by atoms with Crippen LogP contribution in [0, 0.1) is 22.7 Å². The van der Waals surface area contributed by atoms with Crippen molar-refractivity contribution in [2.45, 2.75) is 24.7 Å². The third-order valence-corrected chi connectivity index (χ3v) is 10.9. The van der Waals surface area contributed by atoms with Gasteiger partial charge >= 0.3 is 0 Å². The lowest BCUT2D eigenvalue weighted by atomic mass is 9.80. The number of hydrogen-bond donors (Lipinski definition) is 0. The number of pyridine rings is 2. The molecule has 0 N–H and O–H groups in total. The Balaban J connectivity index is 1.37. The summed E-state index contributed by atoms with van der Waals surface area (Å²) in [6.45, 7) is 0. The van der Waals surface area contributed by atoms with E-state index < -0.39 is 58.3 Å². The van der Waals surface area contributed by atoms with Gasteiger partial charge in [0.25, 0.3) is 11.8 Å². The van der Waals surface area contributed by atoms with Crippen LogP contribution in [-0.4, -0.2) is 19.1 Å². The fraction of sp³-hybridized carbons (Fsp3) is 0.0870. The van der Waals surface area contributed by atoms with Crippen LogP contribution in [0.2, 0.25) is 0 Å². The third-order valence-electron chi connectivity index (χ3n) is 10.9. The van der Waals surface area contributed by atoms with Gasteiger partial charge in [-0.25, -0.2) is 17.6 Å². The highest BCUT2D eigenvalue weighted by atomic mass is 19.3. The van der Waals surface area contributed by atoms with Crippen molar-refractivity contribution in [1.29, 1.82) is 10.5 Å². The zero-order valence-electron chi connectivity index (χ0n) is 29.3. The van der Waals surface area contributed by atoms with Gasteiger partial charge in [-0.3, -0.25) is 9.97 Å². The number of halogens is 4. The molecule has 0 radical (unpaired) electrons. The van der Waals surface area contributed by atoms with Gasteiger partial charge in [-0.1, -0.05) is 72.8 Å². The van der Waals surface area contributed by atoms with Crippen LogP contribution in [0.15, 0.2) is 134 Å². The standard InChI is InChI=1S/C46H26F4N6/c47-45(48)17-18-46(49,50)42-41(45)43(55-37-13-11-29(27-7-3-1-4-8-27)21-31(37)35-25-53-19-15-39(35)55)33(23-51)34(24-52)44(42)56-38-14-12-30(28-9-5-2-6-10-28)22-32(38)36-26-54-20-16-40(36)56/h1-16,19-22,25-26H,17-18H2. The molecule has 0 saturated carbocycles. The van der Waals surface area contributed by atoms with E-state index in [1.54, 1.807) is 36.7 Å². The number of benzene rings is 5. The molecule has 0 fully saturated rings. The molecule has 0 unspecified atom stereocenters. The summed E-state index contributed by atoms with van der Waals surface area (Å²) in [5, 5.41) is 24.4. The van der Waals surface area contributed by atoms with E-state index in [0.717, 1.165) is 22.3 Å². The number of fused-ring (bicyclic) bond motifs is 7. The summed E-state index contributed by atoms with van der Waals surface area (Å²) in [7, 11) is 0. The smallest absolute Gasteiger partial charge is 0.276 e. The summed E-state index contributed by atoms with van der Waals surface area (Å²) >= 11 is 0. The summed E-state index contributed by atoms with van der Waals surface area (Å²) < 4.78 is 70.7. The van der Waals surface area contributed by atoms with Crippen molar-refractivity contribution in [3.8, 4) is 45.8 Å². The molecule has 56 heavy (non-hydrogen) atoms. The normalized spacial score (nSPS) is 14.5. The summed E-state index contributed by atoms with van der Waals surface area (Å²) in [4.78, 5) is 8.62. The Morgan fingerprint density at radius 2 is 0.875 bits per heavy atom. The quantitative estimate of drug-likeness (QED) is 0.168. The van der Waals surface area contributed by atoms with Crippen molar-refractivity contribution >= 4 is 43.6 Å². The summed E-state index contributed by atoms with van der Waals surface area (Å²) in [5.74, 6) is -7.64. The number of rotatable bonds is 4. The maximum atomic E-state index is 17.0. The minimum Gasteiger partial charge on any atom is -0.307 e. The maximum Gasteiger partial charge on any atom is 0.276 e. The Bertz CT molecular complexity index is 2960. The SMILES string of the molecule is N#Cc1c(C#N)c(-n2c3ccncc3c3cc(-c4ccccc4)ccc32)c2c(c1-n1c3ccncc3c3cc(-c4ccccc4)ccc31)C(F)(F)CCC2(F)F. The second-order valence-corrected chi connectivity index (χ2v) is 14.0. The lowest BCUT2D eigenvalue weighted by Crippen LogP contribution is -2.34. The van der Waals surface area contributed by atoms with Crippen LogP contribution in [0.4, 0.5) is 17.6 Å². The fourth-order valence-electron chi connectivity index (χ4n) is 8.50. The number of nitriles is 2. The molecule has 6 nitrogen and oxygen atoms in total. The van der Waals surface area contributed by atoms with Crippen LogP contribution in [0.5, 0.6) is 0 Å². The minimum atomic E-state index is -3.82. The van der Waals surface area contributed by atoms with E-state index in [1.807, 2.05) is 84.9 Å². The van der Waals surface area contributed by atoms with Crippen molar-refractivity contribution in [2.75, 3.05) is 0 Å².